The Morgan fingerprint density at radius 2 is 2.20 bits per heavy atom. The third-order valence-electron chi connectivity index (χ3n) is 3.82. The van der Waals surface area contributed by atoms with Crippen molar-refractivity contribution in [2.24, 2.45) is 5.92 Å². The molecule has 20 heavy (non-hydrogen) atoms. The van der Waals surface area contributed by atoms with Crippen LogP contribution in [0.25, 0.3) is 0 Å². The second kappa shape index (κ2) is 9.01. The molecule has 0 saturated heterocycles. The molecule has 2 N–H and O–H groups in total. The summed E-state index contributed by atoms with van der Waals surface area (Å²) in [4.78, 5) is 12.0. The van der Waals surface area contributed by atoms with E-state index < -0.39 is 0 Å². The molecule has 0 radical (unpaired) electrons. The van der Waals surface area contributed by atoms with Gasteiger partial charge in [-0.25, -0.2) is 4.79 Å². The van der Waals surface area contributed by atoms with Crippen molar-refractivity contribution in [1.29, 1.82) is 0 Å². The van der Waals surface area contributed by atoms with Crippen molar-refractivity contribution in [2.45, 2.75) is 65.3 Å². The zero-order valence-corrected chi connectivity index (χ0v) is 13.1. The molecule has 2 atom stereocenters. The van der Waals surface area contributed by atoms with Gasteiger partial charge in [0.2, 0.25) is 0 Å². The molecule has 0 bridgehead atoms. The Morgan fingerprint density at radius 3 is 2.80 bits per heavy atom. The van der Waals surface area contributed by atoms with Gasteiger partial charge in [-0.15, -0.1) is 0 Å². The molecule has 0 aliphatic heterocycles. The Balaban J connectivity index is 2.83. The maximum absolute atomic E-state index is 12.0. The van der Waals surface area contributed by atoms with Crippen molar-refractivity contribution >= 4 is 5.97 Å². The van der Waals surface area contributed by atoms with Crippen molar-refractivity contribution in [3.63, 3.8) is 0 Å². The normalized spacial score (nSPS) is 20.7. The second-order valence-electron chi connectivity index (χ2n) is 5.67. The first kappa shape index (κ1) is 17.0. The number of esters is 1. The van der Waals surface area contributed by atoms with Gasteiger partial charge in [0.15, 0.2) is 0 Å². The highest BCUT2D eigenvalue weighted by molar-refractivity contribution is 5.89. The summed E-state index contributed by atoms with van der Waals surface area (Å²) in [7, 11) is 0. The SMILES string of the molecule is CCC[C@@H](CCO)NC1=C(C(=O)OCC)CC[C@H](C)C1. The van der Waals surface area contributed by atoms with Gasteiger partial charge in [0.05, 0.1) is 12.2 Å². The van der Waals surface area contributed by atoms with E-state index in [1.807, 2.05) is 6.92 Å². The fraction of sp³-hybridized carbons (Fsp3) is 0.812. The Bertz CT molecular complexity index is 333. The van der Waals surface area contributed by atoms with E-state index in [1.54, 1.807) is 0 Å². The first-order valence-electron chi connectivity index (χ1n) is 7.88. The third-order valence-corrected chi connectivity index (χ3v) is 3.82. The van der Waals surface area contributed by atoms with Gasteiger partial charge in [0.25, 0.3) is 0 Å². The molecule has 0 aromatic heterocycles. The number of aliphatic hydroxyl groups excluding tert-OH is 1. The molecule has 0 unspecified atom stereocenters. The van der Waals surface area contributed by atoms with Crippen molar-refractivity contribution in [2.75, 3.05) is 13.2 Å². The van der Waals surface area contributed by atoms with Crippen LogP contribution < -0.4 is 5.32 Å². The Labute approximate surface area is 122 Å². The molecule has 0 heterocycles. The van der Waals surface area contributed by atoms with Crippen molar-refractivity contribution in [3.8, 4) is 0 Å². The summed E-state index contributed by atoms with van der Waals surface area (Å²) in [6.07, 6.45) is 5.53. The monoisotopic (exact) mass is 283 g/mol. The van der Waals surface area contributed by atoms with Crippen LogP contribution in [0.4, 0.5) is 0 Å². The number of rotatable bonds is 8. The molecule has 0 spiro atoms. The number of carbonyl (C=O) groups excluding carboxylic acids is 1. The van der Waals surface area contributed by atoms with Gasteiger partial charge in [-0.3, -0.25) is 0 Å². The molecule has 1 aliphatic carbocycles. The van der Waals surface area contributed by atoms with Crippen LogP contribution >= 0.6 is 0 Å². The van der Waals surface area contributed by atoms with Crippen molar-refractivity contribution in [3.05, 3.63) is 11.3 Å². The van der Waals surface area contributed by atoms with E-state index in [0.29, 0.717) is 12.5 Å². The molecule has 0 aromatic rings. The predicted octanol–water partition coefficient (Wildman–Crippen LogP) is 2.76. The molecule has 116 valence electrons. The number of nitrogens with one attached hydrogen (secondary N) is 1. The lowest BCUT2D eigenvalue weighted by atomic mass is 9.87. The molecule has 0 fully saturated rings. The van der Waals surface area contributed by atoms with Gasteiger partial charge < -0.3 is 15.2 Å². The van der Waals surface area contributed by atoms with Gasteiger partial charge in [0.1, 0.15) is 0 Å². The largest absolute Gasteiger partial charge is 0.463 e. The number of carbonyl (C=O) groups is 1. The number of hydrogen-bond acceptors (Lipinski definition) is 4. The smallest absolute Gasteiger partial charge is 0.335 e. The number of hydrogen-bond donors (Lipinski definition) is 2. The molecular formula is C16H29NO3. The minimum Gasteiger partial charge on any atom is -0.463 e. The van der Waals surface area contributed by atoms with E-state index in [9.17, 15) is 4.79 Å². The van der Waals surface area contributed by atoms with Crippen molar-refractivity contribution < 1.29 is 14.6 Å². The van der Waals surface area contributed by atoms with E-state index in [2.05, 4.69) is 19.2 Å². The van der Waals surface area contributed by atoms with E-state index in [1.165, 1.54) is 0 Å². The van der Waals surface area contributed by atoms with Crippen molar-refractivity contribution in [1.82, 2.24) is 5.32 Å². The Hall–Kier alpha value is -1.03. The van der Waals surface area contributed by atoms with Crippen LogP contribution in [0.3, 0.4) is 0 Å². The predicted molar refractivity (Wildman–Crippen MR) is 80.2 cm³/mol. The van der Waals surface area contributed by atoms with Crippen LogP contribution in [-0.4, -0.2) is 30.3 Å². The summed E-state index contributed by atoms with van der Waals surface area (Å²) in [5.74, 6) is 0.410. The summed E-state index contributed by atoms with van der Waals surface area (Å²) in [6, 6.07) is 0.245. The Morgan fingerprint density at radius 1 is 1.45 bits per heavy atom. The van der Waals surface area contributed by atoms with E-state index in [-0.39, 0.29) is 18.6 Å². The van der Waals surface area contributed by atoms with Crippen LogP contribution in [0.15, 0.2) is 11.3 Å². The number of ether oxygens (including phenoxy) is 1. The minimum atomic E-state index is -0.179. The first-order chi connectivity index (χ1) is 9.62. The molecule has 0 aromatic carbocycles. The minimum absolute atomic E-state index is 0.176. The lowest BCUT2D eigenvalue weighted by Gasteiger charge is -2.28. The quantitative estimate of drug-likeness (QED) is 0.673. The zero-order valence-electron chi connectivity index (χ0n) is 13.1. The molecular weight excluding hydrogens is 254 g/mol. The molecule has 0 amide bonds. The number of allylic oxidation sites excluding steroid dienone is 1. The van der Waals surface area contributed by atoms with Crippen LogP contribution in [0.5, 0.6) is 0 Å². The van der Waals surface area contributed by atoms with Gasteiger partial charge in [-0.2, -0.15) is 0 Å². The Kier molecular flexibility index (Phi) is 7.67. The van der Waals surface area contributed by atoms with E-state index in [0.717, 1.165) is 49.8 Å². The summed E-state index contributed by atoms with van der Waals surface area (Å²) < 4.78 is 5.16. The van der Waals surface area contributed by atoms with Crippen LogP contribution in [0.1, 0.15) is 59.3 Å². The van der Waals surface area contributed by atoms with Gasteiger partial charge >= 0.3 is 5.97 Å². The van der Waals surface area contributed by atoms with Crippen LogP contribution in [-0.2, 0) is 9.53 Å². The standard InChI is InChI=1S/C16H29NO3/c1-4-6-13(9-10-18)17-15-11-12(3)7-8-14(15)16(19)20-5-2/h12-13,17-18H,4-11H2,1-3H3/t12-,13-/m0/s1. The fourth-order valence-electron chi connectivity index (χ4n) is 2.74. The molecule has 1 rings (SSSR count). The zero-order chi connectivity index (χ0) is 15.0. The fourth-order valence-corrected chi connectivity index (χ4v) is 2.74. The van der Waals surface area contributed by atoms with E-state index >= 15 is 0 Å². The summed E-state index contributed by atoms with van der Waals surface area (Å²) in [5, 5.41) is 12.7. The van der Waals surface area contributed by atoms with Gasteiger partial charge in [-0.05, 0) is 44.9 Å². The lowest BCUT2D eigenvalue weighted by Crippen LogP contribution is -2.33. The van der Waals surface area contributed by atoms with Gasteiger partial charge in [0, 0.05) is 18.3 Å². The second-order valence-corrected chi connectivity index (χ2v) is 5.67. The average molecular weight is 283 g/mol. The van der Waals surface area contributed by atoms with Crippen LogP contribution in [0, 0.1) is 5.92 Å². The molecule has 4 heteroatoms. The maximum atomic E-state index is 12.0. The topological polar surface area (TPSA) is 58.6 Å². The highest BCUT2D eigenvalue weighted by Gasteiger charge is 2.25. The van der Waals surface area contributed by atoms with E-state index in [4.69, 9.17) is 9.84 Å². The first-order valence-corrected chi connectivity index (χ1v) is 7.88. The summed E-state index contributed by atoms with van der Waals surface area (Å²) in [5.41, 5.74) is 1.85. The summed E-state index contributed by atoms with van der Waals surface area (Å²) >= 11 is 0. The molecule has 4 nitrogen and oxygen atoms in total. The van der Waals surface area contributed by atoms with Crippen LogP contribution in [0.2, 0.25) is 0 Å². The molecule has 0 saturated carbocycles. The summed E-state index contributed by atoms with van der Waals surface area (Å²) in [6.45, 7) is 6.78. The van der Waals surface area contributed by atoms with Gasteiger partial charge in [-0.1, -0.05) is 20.3 Å². The highest BCUT2D eigenvalue weighted by Crippen LogP contribution is 2.29. The maximum Gasteiger partial charge on any atom is 0.335 e. The average Bonchev–Trinajstić information content (AvgIpc) is 2.39. The molecule has 1 aliphatic rings. The third kappa shape index (κ3) is 5.16. The highest BCUT2D eigenvalue weighted by atomic mass is 16.5. The number of aliphatic hydroxyl groups is 1. The lowest BCUT2D eigenvalue weighted by molar-refractivity contribution is -0.138.